The fourth-order valence-corrected chi connectivity index (χ4v) is 2.95. The quantitative estimate of drug-likeness (QED) is 0.800. The maximum absolute atomic E-state index is 8.96. The molecule has 120 valence electrons. The molecule has 1 aliphatic heterocycles. The molecule has 0 aliphatic carbocycles. The highest BCUT2D eigenvalue weighted by molar-refractivity contribution is 5.70. The molecule has 1 saturated heterocycles. The second-order valence-electron chi connectivity index (χ2n) is 5.96. The predicted octanol–water partition coefficient (Wildman–Crippen LogP) is 2.72. The highest BCUT2D eigenvalue weighted by Gasteiger charge is 2.16. The van der Waals surface area contributed by atoms with Crippen LogP contribution in [0.2, 0.25) is 0 Å². The lowest BCUT2D eigenvalue weighted by Crippen LogP contribution is -2.14. The molecule has 1 unspecified atom stereocenters. The van der Waals surface area contributed by atoms with Gasteiger partial charge in [-0.15, -0.1) is 0 Å². The van der Waals surface area contributed by atoms with E-state index in [4.69, 9.17) is 10.00 Å². The zero-order chi connectivity index (χ0) is 16.4. The van der Waals surface area contributed by atoms with E-state index in [1.165, 1.54) is 0 Å². The van der Waals surface area contributed by atoms with Crippen molar-refractivity contribution < 1.29 is 4.74 Å². The lowest BCUT2D eigenvalue weighted by atomic mass is 10.1. The molecular weight excluding hydrogens is 302 g/mol. The molecule has 0 amide bonds. The van der Waals surface area contributed by atoms with Crippen molar-refractivity contribution in [3.8, 4) is 17.3 Å². The third kappa shape index (κ3) is 2.82. The van der Waals surface area contributed by atoms with Crippen LogP contribution in [0.15, 0.2) is 42.7 Å². The molecule has 0 saturated carbocycles. The Morgan fingerprint density at radius 3 is 2.92 bits per heavy atom. The van der Waals surface area contributed by atoms with E-state index < -0.39 is 0 Å². The molecule has 2 aromatic heterocycles. The van der Waals surface area contributed by atoms with E-state index in [0.29, 0.717) is 11.5 Å². The lowest BCUT2D eigenvalue weighted by molar-refractivity contribution is 0.187. The van der Waals surface area contributed by atoms with Gasteiger partial charge in [0.1, 0.15) is 6.33 Å². The second-order valence-corrected chi connectivity index (χ2v) is 5.96. The van der Waals surface area contributed by atoms with Crippen molar-refractivity contribution in [1.82, 2.24) is 14.6 Å². The number of pyridine rings is 1. The van der Waals surface area contributed by atoms with Crippen molar-refractivity contribution in [3.63, 3.8) is 0 Å². The van der Waals surface area contributed by atoms with Crippen LogP contribution in [0.3, 0.4) is 0 Å². The van der Waals surface area contributed by atoms with Crippen LogP contribution in [0.1, 0.15) is 12.0 Å². The first-order valence-electron chi connectivity index (χ1n) is 7.99. The summed E-state index contributed by atoms with van der Waals surface area (Å²) >= 11 is 0. The lowest BCUT2D eigenvalue weighted by Gasteiger charge is -2.13. The van der Waals surface area contributed by atoms with Crippen LogP contribution < -0.4 is 5.32 Å². The summed E-state index contributed by atoms with van der Waals surface area (Å²) < 4.78 is 7.24. The number of fused-ring (bicyclic) bond motifs is 1. The molecule has 1 atom stereocenters. The molecule has 0 radical (unpaired) electrons. The molecular formula is C18H17N5O. The number of hydrogen-bond acceptors (Lipinski definition) is 5. The van der Waals surface area contributed by atoms with Crippen LogP contribution in [-0.2, 0) is 4.74 Å². The van der Waals surface area contributed by atoms with Gasteiger partial charge in [0.25, 0.3) is 0 Å². The normalized spacial score (nSPS) is 17.0. The van der Waals surface area contributed by atoms with Crippen LogP contribution in [-0.4, -0.2) is 34.4 Å². The van der Waals surface area contributed by atoms with Crippen molar-refractivity contribution >= 4 is 11.3 Å². The van der Waals surface area contributed by atoms with Crippen LogP contribution >= 0.6 is 0 Å². The van der Waals surface area contributed by atoms with Gasteiger partial charge >= 0.3 is 0 Å². The van der Waals surface area contributed by atoms with Gasteiger partial charge in [-0.25, -0.2) is 9.50 Å². The average molecular weight is 319 g/mol. The Morgan fingerprint density at radius 1 is 1.29 bits per heavy atom. The zero-order valence-corrected chi connectivity index (χ0v) is 13.1. The first-order valence-corrected chi connectivity index (χ1v) is 7.99. The summed E-state index contributed by atoms with van der Waals surface area (Å²) in [6.07, 6.45) is 2.65. The standard InChI is InChI=1S/C18H17N5O/c19-9-13-1-3-15(4-2-13)17-7-16(8-18-21-12-22-23(17)18)20-10-14-5-6-24-11-14/h1-4,7-8,12,14,20H,5-6,10-11H2. The molecule has 0 spiro atoms. The molecule has 1 fully saturated rings. The monoisotopic (exact) mass is 319 g/mol. The largest absolute Gasteiger partial charge is 0.385 e. The fourth-order valence-electron chi connectivity index (χ4n) is 2.95. The smallest absolute Gasteiger partial charge is 0.158 e. The summed E-state index contributed by atoms with van der Waals surface area (Å²) in [5.74, 6) is 0.553. The zero-order valence-electron chi connectivity index (χ0n) is 13.1. The van der Waals surface area contributed by atoms with Crippen LogP contribution in [0.25, 0.3) is 16.9 Å². The summed E-state index contributed by atoms with van der Waals surface area (Å²) in [4.78, 5) is 4.31. The van der Waals surface area contributed by atoms with Crippen molar-refractivity contribution in [2.75, 3.05) is 25.1 Å². The number of benzene rings is 1. The Kier molecular flexibility index (Phi) is 3.85. The summed E-state index contributed by atoms with van der Waals surface area (Å²) in [6.45, 7) is 2.56. The van der Waals surface area contributed by atoms with E-state index in [-0.39, 0.29) is 0 Å². The third-order valence-corrected chi connectivity index (χ3v) is 4.31. The molecule has 4 rings (SSSR count). The van der Waals surface area contributed by atoms with Gasteiger partial charge in [-0.2, -0.15) is 10.4 Å². The molecule has 3 aromatic rings. The molecule has 0 bridgehead atoms. The predicted molar refractivity (Wildman–Crippen MR) is 90.6 cm³/mol. The summed E-state index contributed by atoms with van der Waals surface area (Å²) in [7, 11) is 0. The van der Waals surface area contributed by atoms with E-state index in [2.05, 4.69) is 27.5 Å². The minimum absolute atomic E-state index is 0.553. The highest BCUT2D eigenvalue weighted by Crippen LogP contribution is 2.25. The van der Waals surface area contributed by atoms with Gasteiger partial charge in [-0.1, -0.05) is 12.1 Å². The maximum Gasteiger partial charge on any atom is 0.158 e. The van der Waals surface area contributed by atoms with Crippen LogP contribution in [0.5, 0.6) is 0 Å². The molecule has 3 heterocycles. The number of rotatable bonds is 4. The van der Waals surface area contributed by atoms with Gasteiger partial charge in [-0.05, 0) is 24.6 Å². The first kappa shape index (κ1) is 14.7. The molecule has 1 aliphatic rings. The summed E-state index contributed by atoms with van der Waals surface area (Å²) in [5, 5.41) is 16.8. The first-order chi connectivity index (χ1) is 11.8. The SMILES string of the molecule is N#Cc1ccc(-c2cc(NCC3CCOC3)cc3ncnn23)cc1. The molecule has 24 heavy (non-hydrogen) atoms. The second kappa shape index (κ2) is 6.30. The third-order valence-electron chi connectivity index (χ3n) is 4.31. The highest BCUT2D eigenvalue weighted by atomic mass is 16.5. The van der Waals surface area contributed by atoms with Gasteiger partial charge in [0.05, 0.1) is 23.9 Å². The molecule has 1 N–H and O–H groups in total. The molecule has 1 aromatic carbocycles. The van der Waals surface area contributed by atoms with E-state index >= 15 is 0 Å². The van der Waals surface area contributed by atoms with Gasteiger partial charge < -0.3 is 10.1 Å². The number of nitrogens with zero attached hydrogens (tertiary/aromatic N) is 4. The number of hydrogen-bond donors (Lipinski definition) is 1. The van der Waals surface area contributed by atoms with E-state index in [9.17, 15) is 0 Å². The number of nitriles is 1. The number of ether oxygens (including phenoxy) is 1. The topological polar surface area (TPSA) is 75.2 Å². The van der Waals surface area contributed by atoms with E-state index in [1.54, 1.807) is 6.33 Å². The van der Waals surface area contributed by atoms with E-state index in [1.807, 2.05) is 34.8 Å². The van der Waals surface area contributed by atoms with Crippen LogP contribution in [0.4, 0.5) is 5.69 Å². The minimum Gasteiger partial charge on any atom is -0.385 e. The van der Waals surface area contributed by atoms with Crippen molar-refractivity contribution in [2.24, 2.45) is 5.92 Å². The van der Waals surface area contributed by atoms with E-state index in [0.717, 1.165) is 48.8 Å². The van der Waals surface area contributed by atoms with Gasteiger partial charge in [0, 0.05) is 36.4 Å². The van der Waals surface area contributed by atoms with Crippen molar-refractivity contribution in [1.29, 1.82) is 5.26 Å². The van der Waals surface area contributed by atoms with Crippen molar-refractivity contribution in [2.45, 2.75) is 6.42 Å². The Hall–Kier alpha value is -2.91. The Bertz CT molecular complexity index is 888. The Morgan fingerprint density at radius 2 is 2.17 bits per heavy atom. The fraction of sp³-hybridized carbons (Fsp3) is 0.278. The minimum atomic E-state index is 0.553. The Labute approximate surface area is 139 Å². The van der Waals surface area contributed by atoms with Gasteiger partial charge in [0.15, 0.2) is 5.65 Å². The molecule has 6 nitrogen and oxygen atoms in total. The maximum atomic E-state index is 8.96. The van der Waals surface area contributed by atoms with Gasteiger partial charge in [0.2, 0.25) is 0 Å². The average Bonchev–Trinajstić information content (AvgIpc) is 3.30. The van der Waals surface area contributed by atoms with Gasteiger partial charge in [-0.3, -0.25) is 0 Å². The number of anilines is 1. The summed E-state index contributed by atoms with van der Waals surface area (Å²) in [6, 6.07) is 13.7. The molecule has 6 heteroatoms. The Balaban J connectivity index is 1.67. The number of nitrogens with one attached hydrogen (secondary N) is 1. The summed E-state index contributed by atoms with van der Waals surface area (Å²) in [5.41, 5.74) is 4.39. The van der Waals surface area contributed by atoms with Crippen LogP contribution in [0, 0.1) is 17.2 Å². The van der Waals surface area contributed by atoms with Crippen molar-refractivity contribution in [3.05, 3.63) is 48.3 Å². The number of aromatic nitrogens is 3.